The van der Waals surface area contributed by atoms with Gasteiger partial charge in [0.05, 0.1) is 16.6 Å². The molecule has 0 unspecified atom stereocenters. The van der Waals surface area contributed by atoms with Gasteiger partial charge >= 0.3 is 0 Å². The fourth-order valence-corrected chi connectivity index (χ4v) is 2.13. The van der Waals surface area contributed by atoms with Gasteiger partial charge in [-0.15, -0.1) is 0 Å². The maximum absolute atomic E-state index is 12.0. The molecule has 0 atom stereocenters. The van der Waals surface area contributed by atoms with Crippen LogP contribution in [-0.4, -0.2) is 15.2 Å². The summed E-state index contributed by atoms with van der Waals surface area (Å²) in [5.41, 5.74) is 1.31. The summed E-state index contributed by atoms with van der Waals surface area (Å²) in [7, 11) is 0. The van der Waals surface area contributed by atoms with Crippen molar-refractivity contribution in [3.05, 3.63) is 58.8 Å². The fourth-order valence-electron chi connectivity index (χ4n) is 2.13. The summed E-state index contributed by atoms with van der Waals surface area (Å²) >= 11 is 0. The van der Waals surface area contributed by atoms with Crippen molar-refractivity contribution < 1.29 is 10.2 Å². The van der Waals surface area contributed by atoms with Gasteiger partial charge < -0.3 is 15.2 Å². The first-order valence-corrected chi connectivity index (χ1v) is 5.80. The van der Waals surface area contributed by atoms with Gasteiger partial charge in [-0.05, 0) is 24.3 Å². The molecule has 4 nitrogen and oxygen atoms in total. The molecule has 0 aliphatic rings. The van der Waals surface area contributed by atoms with Crippen molar-refractivity contribution in [2.24, 2.45) is 0 Å². The zero-order valence-corrected chi connectivity index (χ0v) is 9.92. The lowest BCUT2D eigenvalue weighted by molar-refractivity contribution is 0.477. The minimum absolute atomic E-state index is 0.0532. The van der Waals surface area contributed by atoms with E-state index < -0.39 is 0 Å². The molecule has 0 aliphatic heterocycles. The molecule has 2 aromatic carbocycles. The standard InChI is InChI=1S/C15H11NO3/c17-12-6-2-1-4-9(12)11-8-14(19)15-10(16-11)5-3-7-13(15)18/h1-8,17-18H,(H,16,19). The number of rotatable bonds is 1. The van der Waals surface area contributed by atoms with E-state index in [-0.39, 0.29) is 22.3 Å². The topological polar surface area (TPSA) is 73.3 Å². The number of fused-ring (bicyclic) bond motifs is 1. The minimum atomic E-state index is -0.287. The first kappa shape index (κ1) is 11.3. The van der Waals surface area contributed by atoms with Gasteiger partial charge in [0.25, 0.3) is 0 Å². The molecular formula is C15H11NO3. The van der Waals surface area contributed by atoms with E-state index in [2.05, 4.69) is 4.98 Å². The normalized spacial score (nSPS) is 10.7. The highest BCUT2D eigenvalue weighted by Crippen LogP contribution is 2.28. The number of pyridine rings is 1. The average Bonchev–Trinajstić information content (AvgIpc) is 2.39. The molecule has 1 heterocycles. The van der Waals surface area contributed by atoms with E-state index in [0.717, 1.165) is 0 Å². The number of hydrogen-bond acceptors (Lipinski definition) is 3. The third-order valence-corrected chi connectivity index (χ3v) is 3.03. The van der Waals surface area contributed by atoms with Gasteiger partial charge in [-0.3, -0.25) is 4.79 Å². The van der Waals surface area contributed by atoms with Crippen LogP contribution >= 0.6 is 0 Å². The van der Waals surface area contributed by atoms with Crippen LogP contribution in [0.1, 0.15) is 0 Å². The summed E-state index contributed by atoms with van der Waals surface area (Å²) in [6.07, 6.45) is 0. The van der Waals surface area contributed by atoms with Crippen LogP contribution in [-0.2, 0) is 0 Å². The Kier molecular flexibility index (Phi) is 2.49. The SMILES string of the molecule is O=c1cc(-c2ccccc2O)[nH]c2cccc(O)c12. The van der Waals surface area contributed by atoms with Gasteiger partial charge in [0.1, 0.15) is 11.5 Å². The van der Waals surface area contributed by atoms with Gasteiger partial charge in [-0.1, -0.05) is 18.2 Å². The molecule has 0 fully saturated rings. The number of aromatic hydroxyl groups is 2. The molecule has 0 bridgehead atoms. The van der Waals surface area contributed by atoms with Crippen LogP contribution in [0.15, 0.2) is 53.3 Å². The molecule has 0 amide bonds. The molecule has 3 N–H and O–H groups in total. The highest BCUT2D eigenvalue weighted by molar-refractivity contribution is 5.87. The van der Waals surface area contributed by atoms with Crippen molar-refractivity contribution >= 4 is 10.9 Å². The van der Waals surface area contributed by atoms with E-state index in [1.807, 2.05) is 0 Å². The van der Waals surface area contributed by atoms with E-state index >= 15 is 0 Å². The van der Waals surface area contributed by atoms with Crippen molar-refractivity contribution in [1.29, 1.82) is 0 Å². The highest BCUT2D eigenvalue weighted by atomic mass is 16.3. The Balaban J connectivity index is 2.34. The average molecular weight is 253 g/mol. The minimum Gasteiger partial charge on any atom is -0.507 e. The van der Waals surface area contributed by atoms with Crippen LogP contribution in [0.25, 0.3) is 22.2 Å². The summed E-state index contributed by atoms with van der Waals surface area (Å²) in [6, 6.07) is 13.0. The molecule has 1 aromatic heterocycles. The van der Waals surface area contributed by atoms with E-state index in [1.165, 1.54) is 12.1 Å². The second-order valence-corrected chi connectivity index (χ2v) is 4.26. The lowest BCUT2D eigenvalue weighted by Crippen LogP contribution is -2.03. The zero-order valence-electron chi connectivity index (χ0n) is 9.92. The van der Waals surface area contributed by atoms with E-state index in [0.29, 0.717) is 16.8 Å². The first-order valence-electron chi connectivity index (χ1n) is 5.80. The second kappa shape index (κ2) is 4.17. The number of aromatic amines is 1. The molecule has 0 spiro atoms. The summed E-state index contributed by atoms with van der Waals surface area (Å²) in [4.78, 5) is 15.1. The lowest BCUT2D eigenvalue weighted by atomic mass is 10.1. The predicted molar refractivity (Wildman–Crippen MR) is 73.3 cm³/mol. The van der Waals surface area contributed by atoms with E-state index in [1.54, 1.807) is 36.4 Å². The van der Waals surface area contributed by atoms with E-state index in [4.69, 9.17) is 0 Å². The Labute approximate surface area is 108 Å². The Bertz CT molecular complexity index is 821. The molecule has 4 heteroatoms. The Morgan fingerprint density at radius 2 is 1.63 bits per heavy atom. The molecule has 0 radical (unpaired) electrons. The fraction of sp³-hybridized carbons (Fsp3) is 0. The lowest BCUT2D eigenvalue weighted by Gasteiger charge is -2.07. The Morgan fingerprint density at radius 1 is 0.895 bits per heavy atom. The van der Waals surface area contributed by atoms with Crippen molar-refractivity contribution in [2.45, 2.75) is 0 Å². The second-order valence-electron chi connectivity index (χ2n) is 4.26. The molecule has 0 saturated heterocycles. The number of para-hydroxylation sites is 1. The Morgan fingerprint density at radius 3 is 2.42 bits per heavy atom. The van der Waals surface area contributed by atoms with Crippen molar-refractivity contribution in [1.82, 2.24) is 4.98 Å². The number of phenolic OH excluding ortho intramolecular Hbond substituents is 2. The number of nitrogens with one attached hydrogen (secondary N) is 1. The van der Waals surface area contributed by atoms with Gasteiger partial charge in [0, 0.05) is 11.6 Å². The number of hydrogen-bond donors (Lipinski definition) is 3. The van der Waals surface area contributed by atoms with Gasteiger partial charge in [-0.25, -0.2) is 0 Å². The molecule has 3 aromatic rings. The number of phenols is 2. The van der Waals surface area contributed by atoms with E-state index in [9.17, 15) is 15.0 Å². The predicted octanol–water partition coefficient (Wildman–Crippen LogP) is 2.61. The van der Waals surface area contributed by atoms with Crippen LogP contribution in [0.5, 0.6) is 11.5 Å². The molecular weight excluding hydrogens is 242 g/mol. The summed E-state index contributed by atoms with van der Waals surface area (Å²) < 4.78 is 0. The highest BCUT2D eigenvalue weighted by Gasteiger charge is 2.09. The molecule has 0 aliphatic carbocycles. The van der Waals surface area contributed by atoms with Crippen LogP contribution in [0, 0.1) is 0 Å². The monoisotopic (exact) mass is 253 g/mol. The van der Waals surface area contributed by atoms with Gasteiger partial charge in [-0.2, -0.15) is 0 Å². The summed E-state index contributed by atoms with van der Waals surface area (Å²) in [5.74, 6) is 0.0419. The Hall–Kier alpha value is -2.75. The molecule has 94 valence electrons. The number of aromatic nitrogens is 1. The quantitative estimate of drug-likeness (QED) is 0.624. The largest absolute Gasteiger partial charge is 0.507 e. The van der Waals surface area contributed by atoms with Crippen LogP contribution < -0.4 is 5.43 Å². The molecule has 0 saturated carbocycles. The van der Waals surface area contributed by atoms with Crippen LogP contribution in [0.2, 0.25) is 0 Å². The maximum Gasteiger partial charge on any atom is 0.193 e. The molecule has 19 heavy (non-hydrogen) atoms. The van der Waals surface area contributed by atoms with Crippen molar-refractivity contribution in [2.75, 3.05) is 0 Å². The van der Waals surface area contributed by atoms with Crippen molar-refractivity contribution in [3.8, 4) is 22.8 Å². The third kappa shape index (κ3) is 1.83. The van der Waals surface area contributed by atoms with Crippen molar-refractivity contribution in [3.63, 3.8) is 0 Å². The van der Waals surface area contributed by atoms with Crippen LogP contribution in [0.3, 0.4) is 0 Å². The summed E-state index contributed by atoms with van der Waals surface area (Å²) in [6.45, 7) is 0. The third-order valence-electron chi connectivity index (χ3n) is 3.03. The first-order chi connectivity index (χ1) is 9.16. The zero-order chi connectivity index (χ0) is 13.4. The van der Waals surface area contributed by atoms with Crippen LogP contribution in [0.4, 0.5) is 0 Å². The smallest absolute Gasteiger partial charge is 0.193 e. The number of benzene rings is 2. The summed E-state index contributed by atoms with van der Waals surface area (Å²) in [5, 5.41) is 19.8. The van der Waals surface area contributed by atoms with Gasteiger partial charge in [0.2, 0.25) is 0 Å². The molecule has 3 rings (SSSR count). The van der Waals surface area contributed by atoms with Gasteiger partial charge in [0.15, 0.2) is 5.43 Å². The maximum atomic E-state index is 12.0. The number of H-pyrrole nitrogens is 1.